The summed E-state index contributed by atoms with van der Waals surface area (Å²) in [5.41, 5.74) is 1.11. The zero-order valence-corrected chi connectivity index (χ0v) is 7.06. The second-order valence-corrected chi connectivity index (χ2v) is 3.28. The maximum Gasteiger partial charge on any atom is 0.138 e. The number of aromatic nitrogens is 1. The number of hydrogen-bond acceptors (Lipinski definition) is 2. The van der Waals surface area contributed by atoms with Crippen LogP contribution in [0.5, 0.6) is 0 Å². The number of rotatable bonds is 1. The second kappa shape index (κ2) is 2.92. The molecule has 3 heteroatoms. The zero-order chi connectivity index (χ0) is 8.39. The van der Waals surface area contributed by atoms with Gasteiger partial charge in [-0.3, -0.25) is 0 Å². The van der Waals surface area contributed by atoms with E-state index in [1.165, 1.54) is 11.8 Å². The smallest absolute Gasteiger partial charge is 0.138 e. The van der Waals surface area contributed by atoms with E-state index in [0.29, 0.717) is 0 Å². The Labute approximate surface area is 74.2 Å². The molecular weight excluding hydrogens is 168 g/mol. The SMILES string of the molecule is N#CSc1ccc2[nH]ccc2c1. The van der Waals surface area contributed by atoms with Crippen molar-refractivity contribution in [2.75, 3.05) is 0 Å². The highest BCUT2D eigenvalue weighted by molar-refractivity contribution is 8.03. The minimum absolute atomic E-state index is 0.990. The van der Waals surface area contributed by atoms with Gasteiger partial charge >= 0.3 is 0 Å². The van der Waals surface area contributed by atoms with Crippen LogP contribution in [0.15, 0.2) is 35.4 Å². The Hall–Kier alpha value is -1.40. The molecule has 0 unspecified atom stereocenters. The van der Waals surface area contributed by atoms with Gasteiger partial charge in [0.2, 0.25) is 0 Å². The predicted molar refractivity (Wildman–Crippen MR) is 49.8 cm³/mol. The molecule has 2 rings (SSSR count). The first kappa shape index (κ1) is 7.26. The molecule has 0 amide bonds. The monoisotopic (exact) mass is 174 g/mol. The van der Waals surface area contributed by atoms with E-state index in [1.807, 2.05) is 35.9 Å². The lowest BCUT2D eigenvalue weighted by Crippen LogP contribution is -1.69. The lowest BCUT2D eigenvalue weighted by molar-refractivity contribution is 1.45. The number of fused-ring (bicyclic) bond motifs is 1. The van der Waals surface area contributed by atoms with Crippen LogP contribution in [0.1, 0.15) is 0 Å². The summed E-state index contributed by atoms with van der Waals surface area (Å²) in [6, 6.07) is 7.91. The maximum absolute atomic E-state index is 8.45. The third-order valence-corrected chi connectivity index (χ3v) is 2.27. The lowest BCUT2D eigenvalue weighted by atomic mass is 10.2. The summed E-state index contributed by atoms with van der Waals surface area (Å²) in [6.07, 6.45) is 1.89. The zero-order valence-electron chi connectivity index (χ0n) is 6.24. The number of thioether (sulfide) groups is 1. The quantitative estimate of drug-likeness (QED) is 0.533. The molecule has 0 aliphatic heterocycles. The van der Waals surface area contributed by atoms with E-state index in [1.54, 1.807) is 0 Å². The van der Waals surface area contributed by atoms with Gasteiger partial charge in [-0.1, -0.05) is 0 Å². The van der Waals surface area contributed by atoms with Crippen molar-refractivity contribution in [1.82, 2.24) is 4.98 Å². The van der Waals surface area contributed by atoms with Gasteiger partial charge < -0.3 is 4.98 Å². The van der Waals surface area contributed by atoms with Crippen LogP contribution in [0.25, 0.3) is 10.9 Å². The fraction of sp³-hybridized carbons (Fsp3) is 0. The number of nitriles is 1. The van der Waals surface area contributed by atoms with Crippen LogP contribution in [0.3, 0.4) is 0 Å². The fourth-order valence-electron chi connectivity index (χ4n) is 1.15. The average molecular weight is 174 g/mol. The van der Waals surface area contributed by atoms with E-state index in [0.717, 1.165) is 15.8 Å². The van der Waals surface area contributed by atoms with Gasteiger partial charge in [0.1, 0.15) is 5.40 Å². The number of nitrogens with one attached hydrogen (secondary N) is 1. The Morgan fingerprint density at radius 2 is 2.25 bits per heavy atom. The molecule has 2 aromatic rings. The second-order valence-electron chi connectivity index (χ2n) is 2.42. The number of benzene rings is 1. The molecule has 0 aliphatic carbocycles. The highest BCUT2D eigenvalue weighted by atomic mass is 32.2. The Bertz CT molecular complexity index is 439. The normalized spacial score (nSPS) is 9.92. The first-order valence-corrected chi connectivity index (χ1v) is 4.35. The summed E-state index contributed by atoms with van der Waals surface area (Å²) in [5, 5.41) is 11.6. The molecule has 1 aromatic heterocycles. The van der Waals surface area contributed by atoms with Crippen molar-refractivity contribution < 1.29 is 0 Å². The fourth-order valence-corrected chi connectivity index (χ4v) is 1.57. The number of nitrogens with zero attached hydrogens (tertiary/aromatic N) is 1. The number of thiocyanates is 1. The molecule has 0 saturated carbocycles. The Morgan fingerprint density at radius 3 is 3.08 bits per heavy atom. The molecule has 1 aromatic carbocycles. The van der Waals surface area contributed by atoms with E-state index in [9.17, 15) is 0 Å². The number of H-pyrrole nitrogens is 1. The lowest BCUT2D eigenvalue weighted by Gasteiger charge is -1.92. The standard InChI is InChI=1S/C9H6N2S/c10-6-12-8-1-2-9-7(5-8)3-4-11-9/h1-5,11H. The molecule has 2 nitrogen and oxygen atoms in total. The molecule has 0 fully saturated rings. The third-order valence-electron chi connectivity index (χ3n) is 1.69. The average Bonchev–Trinajstić information content (AvgIpc) is 2.51. The van der Waals surface area contributed by atoms with Crippen LogP contribution in [0.2, 0.25) is 0 Å². The van der Waals surface area contributed by atoms with Crippen molar-refractivity contribution in [3.63, 3.8) is 0 Å². The van der Waals surface area contributed by atoms with Crippen LogP contribution in [-0.4, -0.2) is 4.98 Å². The molecule has 0 spiro atoms. The molecule has 0 saturated heterocycles. The van der Waals surface area contributed by atoms with Crippen LogP contribution >= 0.6 is 11.8 Å². The molecule has 1 N–H and O–H groups in total. The Balaban J connectivity index is 2.54. The van der Waals surface area contributed by atoms with Crippen LogP contribution in [0.4, 0.5) is 0 Å². The van der Waals surface area contributed by atoms with Crippen molar-refractivity contribution in [3.8, 4) is 5.40 Å². The third kappa shape index (κ3) is 1.17. The Kier molecular flexibility index (Phi) is 1.77. The molecule has 0 radical (unpaired) electrons. The van der Waals surface area contributed by atoms with Crippen LogP contribution in [0, 0.1) is 10.7 Å². The minimum atomic E-state index is 0.990. The van der Waals surface area contributed by atoms with Gasteiger partial charge in [-0.15, -0.1) is 0 Å². The molecule has 0 bridgehead atoms. The summed E-state index contributed by atoms with van der Waals surface area (Å²) in [6.45, 7) is 0. The first-order chi connectivity index (χ1) is 5.90. The molecule has 1 heterocycles. The molecule has 58 valence electrons. The predicted octanol–water partition coefficient (Wildman–Crippen LogP) is 2.74. The Morgan fingerprint density at radius 1 is 1.33 bits per heavy atom. The van der Waals surface area contributed by atoms with Gasteiger partial charge in [-0.2, -0.15) is 5.26 Å². The van der Waals surface area contributed by atoms with E-state index in [2.05, 4.69) is 4.98 Å². The highest BCUT2D eigenvalue weighted by Gasteiger charge is 1.96. The van der Waals surface area contributed by atoms with Crippen LogP contribution in [-0.2, 0) is 0 Å². The minimum Gasteiger partial charge on any atom is -0.361 e. The topological polar surface area (TPSA) is 39.6 Å². The van der Waals surface area contributed by atoms with E-state index >= 15 is 0 Å². The van der Waals surface area contributed by atoms with E-state index < -0.39 is 0 Å². The summed E-state index contributed by atoms with van der Waals surface area (Å²) in [7, 11) is 0. The van der Waals surface area contributed by atoms with Crippen molar-refractivity contribution in [2.45, 2.75) is 4.90 Å². The van der Waals surface area contributed by atoms with Gasteiger partial charge in [-0.25, -0.2) is 0 Å². The summed E-state index contributed by atoms with van der Waals surface area (Å²) in [5.74, 6) is 0. The number of hydrogen-bond donors (Lipinski definition) is 1. The summed E-state index contributed by atoms with van der Waals surface area (Å²) < 4.78 is 0. The van der Waals surface area contributed by atoms with Gasteiger partial charge in [0.25, 0.3) is 0 Å². The largest absolute Gasteiger partial charge is 0.361 e. The summed E-state index contributed by atoms with van der Waals surface area (Å²) in [4.78, 5) is 4.09. The molecule has 0 aliphatic rings. The van der Waals surface area contributed by atoms with Gasteiger partial charge in [0, 0.05) is 22.0 Å². The van der Waals surface area contributed by atoms with Crippen molar-refractivity contribution in [2.24, 2.45) is 0 Å². The molecule has 12 heavy (non-hydrogen) atoms. The van der Waals surface area contributed by atoms with E-state index in [4.69, 9.17) is 5.26 Å². The van der Waals surface area contributed by atoms with Crippen LogP contribution < -0.4 is 0 Å². The van der Waals surface area contributed by atoms with Crippen molar-refractivity contribution >= 4 is 22.7 Å². The van der Waals surface area contributed by atoms with Crippen molar-refractivity contribution in [1.29, 1.82) is 5.26 Å². The van der Waals surface area contributed by atoms with E-state index in [-0.39, 0.29) is 0 Å². The molecule has 0 atom stereocenters. The number of aromatic amines is 1. The van der Waals surface area contributed by atoms with Gasteiger partial charge in [-0.05, 0) is 36.0 Å². The van der Waals surface area contributed by atoms with Gasteiger partial charge in [0.15, 0.2) is 0 Å². The molecular formula is C9H6N2S. The summed E-state index contributed by atoms with van der Waals surface area (Å²) >= 11 is 1.19. The highest BCUT2D eigenvalue weighted by Crippen LogP contribution is 2.21. The maximum atomic E-state index is 8.45. The first-order valence-electron chi connectivity index (χ1n) is 3.53. The van der Waals surface area contributed by atoms with Gasteiger partial charge in [0.05, 0.1) is 0 Å². The van der Waals surface area contributed by atoms with Crippen molar-refractivity contribution in [3.05, 3.63) is 30.5 Å².